The molecule has 0 radical (unpaired) electrons. The fraction of sp³-hybridized carbons (Fsp3) is 0.143. The van der Waals surface area contributed by atoms with Crippen molar-refractivity contribution in [1.29, 1.82) is 0 Å². The summed E-state index contributed by atoms with van der Waals surface area (Å²) in [5, 5.41) is 27.2. The predicted molar refractivity (Wildman–Crippen MR) is 51.3 cm³/mol. The van der Waals surface area contributed by atoms with Gasteiger partial charge >= 0.3 is 0 Å². The topological polar surface area (TPSA) is 117 Å². The van der Waals surface area contributed by atoms with Crippen LogP contribution in [0.2, 0.25) is 0 Å². The summed E-state index contributed by atoms with van der Waals surface area (Å²) in [6, 6.07) is 2.48. The zero-order valence-corrected chi connectivity index (χ0v) is 8.02. The Bertz CT molecular complexity index is 604. The summed E-state index contributed by atoms with van der Waals surface area (Å²) in [5.74, 6) is 0. The van der Waals surface area contributed by atoms with Gasteiger partial charge in [-0.1, -0.05) is 0 Å². The Balaban J connectivity index is 2.76. The Hall–Kier alpha value is -2.58. The van der Waals surface area contributed by atoms with Crippen molar-refractivity contribution in [2.24, 2.45) is 0 Å². The van der Waals surface area contributed by atoms with Crippen molar-refractivity contribution in [3.8, 4) is 0 Å². The lowest BCUT2D eigenvalue weighted by Crippen LogP contribution is -2.10. The summed E-state index contributed by atoms with van der Waals surface area (Å²) in [7, 11) is 0. The van der Waals surface area contributed by atoms with Gasteiger partial charge in [0.25, 0.3) is 5.69 Å². The molecule has 0 saturated heterocycles. The summed E-state index contributed by atoms with van der Waals surface area (Å²) in [5.41, 5.74) is 0.438. The number of fused-ring (bicyclic) bond motifs is 1. The van der Waals surface area contributed by atoms with Crippen molar-refractivity contribution in [2.75, 3.05) is 0 Å². The maximum atomic E-state index is 10.6. The second kappa shape index (κ2) is 3.22. The van der Waals surface area contributed by atoms with Gasteiger partial charge in [0.2, 0.25) is 0 Å². The van der Waals surface area contributed by atoms with Crippen LogP contribution in [-0.2, 0) is 0 Å². The smallest absolute Gasteiger partial charge is 0.274 e. The van der Waals surface area contributed by atoms with Gasteiger partial charge in [0.1, 0.15) is 0 Å². The molecule has 82 valence electrons. The Labute approximate surface area is 87.5 Å². The van der Waals surface area contributed by atoms with Crippen LogP contribution in [-0.4, -0.2) is 25.1 Å². The van der Waals surface area contributed by atoms with E-state index >= 15 is 0 Å². The molecule has 9 heteroatoms. The van der Waals surface area contributed by atoms with Gasteiger partial charge < -0.3 is 10.1 Å². The Kier molecular flexibility index (Phi) is 2.01. The molecular formula is C7H5N5O4. The molecule has 0 N–H and O–H groups in total. The number of nitro benzene ring substituents is 1. The van der Waals surface area contributed by atoms with Gasteiger partial charge in [0.05, 0.1) is 14.7 Å². The molecule has 2 aromatic rings. The molecule has 0 spiro atoms. The van der Waals surface area contributed by atoms with Gasteiger partial charge in [0, 0.05) is 11.6 Å². The number of hydrogen-bond donors (Lipinski definition) is 0. The average molecular weight is 223 g/mol. The van der Waals surface area contributed by atoms with Crippen molar-refractivity contribution in [2.45, 2.75) is 6.92 Å². The van der Waals surface area contributed by atoms with E-state index in [0.717, 1.165) is 6.07 Å². The molecule has 1 aromatic carbocycles. The molecule has 0 aliphatic heterocycles. The number of aryl methyl sites for hydroxylation is 1. The standard InChI is InChI=1S/C7H5N5O4/c1-4-2-7-5(3-6(4)11(13)14)8-9-10(7)12(15)16/h2-3H,1H3. The molecule has 9 nitrogen and oxygen atoms in total. The largest absolute Gasteiger partial charge is 0.339 e. The van der Waals surface area contributed by atoms with Crippen molar-refractivity contribution in [3.05, 3.63) is 37.9 Å². The van der Waals surface area contributed by atoms with E-state index in [1.54, 1.807) is 0 Å². The van der Waals surface area contributed by atoms with Crippen LogP contribution >= 0.6 is 0 Å². The monoisotopic (exact) mass is 223 g/mol. The number of rotatable bonds is 2. The zero-order chi connectivity index (χ0) is 11.9. The summed E-state index contributed by atoms with van der Waals surface area (Å²) in [6.45, 7) is 1.49. The molecule has 0 aliphatic rings. The molecule has 0 fully saturated rings. The van der Waals surface area contributed by atoms with Crippen molar-refractivity contribution >= 4 is 16.7 Å². The quantitative estimate of drug-likeness (QED) is 0.545. The molecule has 0 atom stereocenters. The first kappa shape index (κ1) is 9.96. The number of hydrogen-bond acceptors (Lipinski definition) is 6. The van der Waals surface area contributed by atoms with Crippen LogP contribution < -0.4 is 0 Å². The Morgan fingerprint density at radius 2 is 2.00 bits per heavy atom. The lowest BCUT2D eigenvalue weighted by molar-refractivity contribution is -0.549. The van der Waals surface area contributed by atoms with Crippen molar-refractivity contribution < 1.29 is 9.96 Å². The van der Waals surface area contributed by atoms with Crippen LogP contribution in [0.25, 0.3) is 11.0 Å². The summed E-state index contributed by atoms with van der Waals surface area (Å²) in [4.78, 5) is 21.1. The number of nitro groups is 2. The minimum absolute atomic E-state index is 0.119. The first-order valence-corrected chi connectivity index (χ1v) is 4.16. The molecule has 0 bridgehead atoms. The minimum Gasteiger partial charge on any atom is -0.339 e. The Morgan fingerprint density at radius 1 is 1.31 bits per heavy atom. The zero-order valence-electron chi connectivity index (χ0n) is 8.02. The molecular weight excluding hydrogens is 218 g/mol. The lowest BCUT2D eigenvalue weighted by Gasteiger charge is -1.96. The van der Waals surface area contributed by atoms with E-state index in [4.69, 9.17) is 0 Å². The maximum Gasteiger partial charge on any atom is 0.274 e. The second-order valence-corrected chi connectivity index (χ2v) is 3.10. The highest BCUT2D eigenvalue weighted by Gasteiger charge is 2.19. The molecule has 1 heterocycles. The number of aromatic nitrogens is 3. The summed E-state index contributed by atoms with van der Waals surface area (Å²) >= 11 is 0. The molecule has 2 rings (SSSR count). The van der Waals surface area contributed by atoms with Crippen LogP contribution in [0.1, 0.15) is 5.56 Å². The van der Waals surface area contributed by atoms with Crippen LogP contribution in [0.3, 0.4) is 0 Å². The fourth-order valence-corrected chi connectivity index (χ4v) is 1.37. The highest BCUT2D eigenvalue weighted by molar-refractivity contribution is 5.78. The molecule has 0 saturated carbocycles. The minimum atomic E-state index is -0.749. The van der Waals surface area contributed by atoms with Crippen molar-refractivity contribution in [1.82, 2.24) is 15.1 Å². The third kappa shape index (κ3) is 1.34. The van der Waals surface area contributed by atoms with Crippen LogP contribution in [0.15, 0.2) is 12.1 Å². The van der Waals surface area contributed by atoms with Gasteiger partial charge in [-0.15, -0.1) is 0 Å². The van der Waals surface area contributed by atoms with E-state index in [0.29, 0.717) is 10.4 Å². The SMILES string of the molecule is Cc1cc2c(cc1[N+](=O)[O-])nnn2[N+](=O)[O-]. The Morgan fingerprint density at radius 3 is 2.56 bits per heavy atom. The summed E-state index contributed by atoms with van der Waals surface area (Å²) < 4.78 is 0. The average Bonchev–Trinajstić information content (AvgIpc) is 2.58. The van der Waals surface area contributed by atoms with E-state index in [9.17, 15) is 20.2 Å². The first-order chi connectivity index (χ1) is 7.50. The normalized spacial score (nSPS) is 10.6. The number of benzene rings is 1. The lowest BCUT2D eigenvalue weighted by atomic mass is 10.2. The molecule has 0 aliphatic carbocycles. The predicted octanol–water partition coefficient (Wildman–Crippen LogP) is 0.688. The van der Waals surface area contributed by atoms with Crippen LogP contribution in [0, 0.1) is 27.2 Å². The highest BCUT2D eigenvalue weighted by atomic mass is 16.7. The van der Waals surface area contributed by atoms with E-state index in [-0.39, 0.29) is 16.7 Å². The van der Waals surface area contributed by atoms with Crippen LogP contribution in [0.5, 0.6) is 0 Å². The second-order valence-electron chi connectivity index (χ2n) is 3.10. The molecule has 0 amide bonds. The third-order valence-electron chi connectivity index (χ3n) is 2.10. The molecule has 0 unspecified atom stereocenters. The van der Waals surface area contributed by atoms with Gasteiger partial charge in [0.15, 0.2) is 16.2 Å². The van der Waals surface area contributed by atoms with E-state index < -0.39 is 9.96 Å². The fourth-order valence-electron chi connectivity index (χ4n) is 1.37. The van der Waals surface area contributed by atoms with Crippen molar-refractivity contribution in [3.63, 3.8) is 0 Å². The van der Waals surface area contributed by atoms with Gasteiger partial charge in [-0.3, -0.25) is 10.1 Å². The highest BCUT2D eigenvalue weighted by Crippen LogP contribution is 2.23. The maximum absolute atomic E-state index is 10.6. The number of nitrogens with zero attached hydrogens (tertiary/aromatic N) is 5. The molecule has 1 aromatic heterocycles. The first-order valence-electron chi connectivity index (χ1n) is 4.16. The van der Waals surface area contributed by atoms with E-state index in [1.807, 2.05) is 0 Å². The molecule has 16 heavy (non-hydrogen) atoms. The van der Waals surface area contributed by atoms with E-state index in [1.165, 1.54) is 13.0 Å². The van der Waals surface area contributed by atoms with Crippen LogP contribution in [0.4, 0.5) is 5.69 Å². The van der Waals surface area contributed by atoms with Gasteiger partial charge in [-0.2, -0.15) is 0 Å². The third-order valence-corrected chi connectivity index (χ3v) is 2.10. The van der Waals surface area contributed by atoms with E-state index in [2.05, 4.69) is 10.3 Å². The van der Waals surface area contributed by atoms with Gasteiger partial charge in [-0.05, 0) is 18.1 Å². The summed E-state index contributed by atoms with van der Waals surface area (Å²) in [6.07, 6.45) is 0. The van der Waals surface area contributed by atoms with Gasteiger partial charge in [-0.25, -0.2) is 0 Å².